The molecule has 0 heterocycles. The molecule has 17 heavy (non-hydrogen) atoms. The lowest BCUT2D eigenvalue weighted by atomic mass is 9.82. The van der Waals surface area contributed by atoms with Crippen LogP contribution in [0.4, 0.5) is 0 Å². The highest BCUT2D eigenvalue weighted by molar-refractivity contribution is 6.21. The van der Waals surface area contributed by atoms with Gasteiger partial charge in [0.2, 0.25) is 0 Å². The number of rotatable bonds is 4. The number of alkyl halides is 1. The van der Waals surface area contributed by atoms with Crippen LogP contribution >= 0.6 is 11.6 Å². The number of aryl methyl sites for hydroxylation is 1. The Labute approximate surface area is 109 Å². The van der Waals surface area contributed by atoms with Crippen molar-refractivity contribution in [3.63, 3.8) is 0 Å². The van der Waals surface area contributed by atoms with Crippen molar-refractivity contribution in [1.29, 1.82) is 0 Å². The average Bonchev–Trinajstić information content (AvgIpc) is 2.32. The number of hydrogen-bond donors (Lipinski definition) is 0. The molecule has 1 aliphatic carbocycles. The Morgan fingerprint density at radius 2 is 2.12 bits per heavy atom. The van der Waals surface area contributed by atoms with Crippen LogP contribution in [0.25, 0.3) is 0 Å². The summed E-state index contributed by atoms with van der Waals surface area (Å²) in [6.07, 6.45) is 3.73. The Bertz CT molecular complexity index is 362. The van der Waals surface area contributed by atoms with Gasteiger partial charge in [0.15, 0.2) is 0 Å². The first-order valence-electron chi connectivity index (χ1n) is 6.52. The van der Waals surface area contributed by atoms with E-state index in [0.29, 0.717) is 12.0 Å². The summed E-state index contributed by atoms with van der Waals surface area (Å²) in [6, 6.07) is 8.56. The number of hydrogen-bond acceptors (Lipinski definition) is 1. The monoisotopic (exact) mass is 252 g/mol. The molecule has 0 aliphatic heterocycles. The molecule has 1 nitrogen and oxygen atoms in total. The van der Waals surface area contributed by atoms with Gasteiger partial charge in [-0.15, -0.1) is 11.6 Å². The van der Waals surface area contributed by atoms with Gasteiger partial charge in [-0.3, -0.25) is 0 Å². The Morgan fingerprint density at radius 1 is 1.35 bits per heavy atom. The van der Waals surface area contributed by atoms with Crippen molar-refractivity contribution in [2.24, 2.45) is 5.92 Å². The van der Waals surface area contributed by atoms with E-state index in [2.05, 4.69) is 38.1 Å². The van der Waals surface area contributed by atoms with E-state index in [1.54, 1.807) is 0 Å². The van der Waals surface area contributed by atoms with Crippen LogP contribution in [0.5, 0.6) is 0 Å². The summed E-state index contributed by atoms with van der Waals surface area (Å²) in [7, 11) is 0. The SMILES string of the molecule is CC(C)OCCC1CCc2ccccc2C1Cl. The van der Waals surface area contributed by atoms with Gasteiger partial charge in [0, 0.05) is 6.61 Å². The molecule has 0 aromatic heterocycles. The minimum atomic E-state index is 0.163. The quantitative estimate of drug-likeness (QED) is 0.725. The van der Waals surface area contributed by atoms with Crippen LogP contribution < -0.4 is 0 Å². The van der Waals surface area contributed by atoms with Crippen LogP contribution in [0.1, 0.15) is 43.2 Å². The molecular formula is C15H21ClO. The highest BCUT2D eigenvalue weighted by Gasteiger charge is 2.27. The number of halogens is 1. The molecule has 2 heteroatoms. The Kier molecular flexibility index (Phi) is 4.47. The summed E-state index contributed by atoms with van der Waals surface area (Å²) in [6.45, 7) is 4.98. The first-order chi connectivity index (χ1) is 8.18. The van der Waals surface area contributed by atoms with Gasteiger partial charge in [-0.25, -0.2) is 0 Å². The Morgan fingerprint density at radius 3 is 2.88 bits per heavy atom. The lowest BCUT2D eigenvalue weighted by Crippen LogP contribution is -2.19. The molecule has 2 rings (SSSR count). The maximum atomic E-state index is 6.57. The van der Waals surface area contributed by atoms with E-state index in [1.165, 1.54) is 17.5 Å². The van der Waals surface area contributed by atoms with Crippen LogP contribution in [0.3, 0.4) is 0 Å². The van der Waals surface area contributed by atoms with Crippen molar-refractivity contribution >= 4 is 11.6 Å². The van der Waals surface area contributed by atoms with E-state index < -0.39 is 0 Å². The molecule has 0 bridgehead atoms. The molecule has 1 aromatic rings. The van der Waals surface area contributed by atoms with Gasteiger partial charge in [-0.1, -0.05) is 24.3 Å². The summed E-state index contributed by atoms with van der Waals surface area (Å²) < 4.78 is 5.62. The molecule has 0 radical (unpaired) electrons. The van der Waals surface area contributed by atoms with E-state index in [-0.39, 0.29) is 5.38 Å². The lowest BCUT2D eigenvalue weighted by Gasteiger charge is -2.29. The van der Waals surface area contributed by atoms with Gasteiger partial charge in [-0.05, 0) is 50.2 Å². The molecule has 0 saturated heterocycles. The zero-order chi connectivity index (χ0) is 12.3. The van der Waals surface area contributed by atoms with Crippen molar-refractivity contribution in [3.8, 4) is 0 Å². The molecule has 2 unspecified atom stereocenters. The molecule has 1 aromatic carbocycles. The van der Waals surface area contributed by atoms with E-state index in [1.807, 2.05) is 0 Å². The van der Waals surface area contributed by atoms with Gasteiger partial charge in [0.05, 0.1) is 11.5 Å². The summed E-state index contributed by atoms with van der Waals surface area (Å²) in [4.78, 5) is 0. The maximum absolute atomic E-state index is 6.57. The first-order valence-corrected chi connectivity index (χ1v) is 6.95. The summed E-state index contributed by atoms with van der Waals surface area (Å²) >= 11 is 6.57. The van der Waals surface area contributed by atoms with Crippen molar-refractivity contribution in [2.45, 2.75) is 44.6 Å². The van der Waals surface area contributed by atoms with Crippen LogP contribution in [0.2, 0.25) is 0 Å². The molecular weight excluding hydrogens is 232 g/mol. The van der Waals surface area contributed by atoms with Crippen molar-refractivity contribution < 1.29 is 4.74 Å². The zero-order valence-corrected chi connectivity index (χ0v) is 11.4. The predicted octanol–water partition coefficient (Wildman–Crippen LogP) is 4.34. The van der Waals surface area contributed by atoms with Gasteiger partial charge in [0.25, 0.3) is 0 Å². The molecule has 0 amide bonds. The second-order valence-electron chi connectivity index (χ2n) is 5.11. The minimum Gasteiger partial charge on any atom is -0.379 e. The smallest absolute Gasteiger partial charge is 0.0617 e. The van der Waals surface area contributed by atoms with Crippen molar-refractivity contribution in [1.82, 2.24) is 0 Å². The Balaban J connectivity index is 1.95. The van der Waals surface area contributed by atoms with Crippen molar-refractivity contribution in [3.05, 3.63) is 35.4 Å². The fourth-order valence-corrected chi connectivity index (χ4v) is 2.98. The second-order valence-corrected chi connectivity index (χ2v) is 5.58. The highest BCUT2D eigenvalue weighted by atomic mass is 35.5. The third-order valence-electron chi connectivity index (χ3n) is 3.49. The minimum absolute atomic E-state index is 0.163. The summed E-state index contributed by atoms with van der Waals surface area (Å²) in [5, 5.41) is 0.163. The number of fused-ring (bicyclic) bond motifs is 1. The fourth-order valence-electron chi connectivity index (χ4n) is 2.52. The molecule has 0 fully saturated rings. The summed E-state index contributed by atoms with van der Waals surface area (Å²) in [5.74, 6) is 0.560. The normalized spacial score (nSPS) is 23.8. The highest BCUT2D eigenvalue weighted by Crippen LogP contribution is 2.40. The van der Waals surface area contributed by atoms with Gasteiger partial charge in [0.1, 0.15) is 0 Å². The van der Waals surface area contributed by atoms with E-state index in [0.717, 1.165) is 19.4 Å². The predicted molar refractivity (Wildman–Crippen MR) is 72.6 cm³/mol. The molecule has 0 N–H and O–H groups in total. The average molecular weight is 253 g/mol. The van der Waals surface area contributed by atoms with E-state index >= 15 is 0 Å². The molecule has 94 valence electrons. The summed E-state index contributed by atoms with van der Waals surface area (Å²) in [5.41, 5.74) is 2.75. The van der Waals surface area contributed by atoms with E-state index in [4.69, 9.17) is 16.3 Å². The van der Waals surface area contributed by atoms with Gasteiger partial charge in [-0.2, -0.15) is 0 Å². The largest absolute Gasteiger partial charge is 0.379 e. The van der Waals surface area contributed by atoms with Crippen LogP contribution in [0.15, 0.2) is 24.3 Å². The Hall–Kier alpha value is -0.530. The maximum Gasteiger partial charge on any atom is 0.0617 e. The van der Waals surface area contributed by atoms with Crippen LogP contribution in [0, 0.1) is 5.92 Å². The number of benzene rings is 1. The molecule has 0 spiro atoms. The van der Waals surface area contributed by atoms with Crippen molar-refractivity contribution in [2.75, 3.05) is 6.61 Å². The van der Waals surface area contributed by atoms with Crippen LogP contribution in [-0.2, 0) is 11.2 Å². The second kappa shape index (κ2) is 5.88. The topological polar surface area (TPSA) is 9.23 Å². The number of ether oxygens (including phenoxy) is 1. The standard InChI is InChI=1S/C15H21ClO/c1-11(2)17-10-9-13-8-7-12-5-3-4-6-14(12)15(13)16/h3-6,11,13,15H,7-10H2,1-2H3. The molecule has 0 saturated carbocycles. The first kappa shape index (κ1) is 12.9. The fraction of sp³-hybridized carbons (Fsp3) is 0.600. The molecule has 1 aliphatic rings. The third kappa shape index (κ3) is 3.23. The third-order valence-corrected chi connectivity index (χ3v) is 4.08. The molecule has 2 atom stereocenters. The lowest BCUT2D eigenvalue weighted by molar-refractivity contribution is 0.0666. The zero-order valence-electron chi connectivity index (χ0n) is 10.7. The van der Waals surface area contributed by atoms with Crippen LogP contribution in [-0.4, -0.2) is 12.7 Å². The van der Waals surface area contributed by atoms with Gasteiger partial charge < -0.3 is 4.74 Å². The van der Waals surface area contributed by atoms with E-state index in [9.17, 15) is 0 Å². The van der Waals surface area contributed by atoms with Gasteiger partial charge >= 0.3 is 0 Å².